The van der Waals surface area contributed by atoms with Crippen LogP contribution in [0.5, 0.6) is 0 Å². The molecule has 0 spiro atoms. The minimum Gasteiger partial charge on any atom is -0.383 e. The number of halogens is 1. The van der Waals surface area contributed by atoms with Gasteiger partial charge in [0, 0.05) is 30.6 Å². The summed E-state index contributed by atoms with van der Waals surface area (Å²) < 4.78 is 18.5. The number of hydrogen-bond donors (Lipinski definition) is 0. The first kappa shape index (κ1) is 24.6. The van der Waals surface area contributed by atoms with Crippen LogP contribution in [0, 0.1) is 5.82 Å². The zero-order valence-corrected chi connectivity index (χ0v) is 19.8. The highest BCUT2D eigenvalue weighted by Gasteiger charge is 2.23. The van der Waals surface area contributed by atoms with Crippen LogP contribution in [0.15, 0.2) is 66.0 Å². The average molecular weight is 469 g/mol. The number of amides is 2. The topological polar surface area (TPSA) is 49.9 Å². The van der Waals surface area contributed by atoms with E-state index >= 15 is 0 Å². The molecule has 0 atom stereocenters. The summed E-state index contributed by atoms with van der Waals surface area (Å²) in [6.45, 7) is 3.38. The number of benzene rings is 2. The van der Waals surface area contributed by atoms with Crippen LogP contribution in [-0.2, 0) is 29.0 Å². The molecule has 1 aromatic heterocycles. The van der Waals surface area contributed by atoms with E-state index in [4.69, 9.17) is 4.74 Å². The fraction of sp³-hybridized carbons (Fsp3) is 0.308. The molecule has 0 radical (unpaired) electrons. The predicted molar refractivity (Wildman–Crippen MR) is 129 cm³/mol. The average Bonchev–Trinajstić information content (AvgIpc) is 3.35. The Morgan fingerprint density at radius 1 is 0.939 bits per heavy atom. The van der Waals surface area contributed by atoms with E-state index in [0.717, 1.165) is 22.4 Å². The molecule has 7 heteroatoms. The van der Waals surface area contributed by atoms with Gasteiger partial charge in [-0.3, -0.25) is 9.59 Å². The Balaban J connectivity index is 1.78. The van der Waals surface area contributed by atoms with Crippen molar-refractivity contribution in [2.45, 2.75) is 26.4 Å². The van der Waals surface area contributed by atoms with Crippen LogP contribution in [0.3, 0.4) is 0 Å². The molecule has 1 heterocycles. The lowest BCUT2D eigenvalue weighted by Crippen LogP contribution is -2.43. The minimum atomic E-state index is -0.319. The molecule has 0 saturated heterocycles. The molecule has 174 valence electrons. The van der Waals surface area contributed by atoms with E-state index in [1.807, 2.05) is 29.6 Å². The largest absolute Gasteiger partial charge is 0.383 e. The number of ether oxygens (including phenoxy) is 1. The zero-order chi connectivity index (χ0) is 23.6. The molecule has 2 amide bonds. The molecule has 0 N–H and O–H groups in total. The van der Waals surface area contributed by atoms with Gasteiger partial charge in [-0.2, -0.15) is 0 Å². The van der Waals surface area contributed by atoms with Crippen molar-refractivity contribution in [1.29, 1.82) is 0 Å². The Bertz CT molecular complexity index is 1020. The van der Waals surface area contributed by atoms with E-state index < -0.39 is 0 Å². The molecule has 0 fully saturated rings. The fourth-order valence-electron chi connectivity index (χ4n) is 3.42. The van der Waals surface area contributed by atoms with E-state index in [2.05, 4.69) is 6.92 Å². The fourth-order valence-corrected chi connectivity index (χ4v) is 4.14. The molecule has 0 aliphatic rings. The second-order valence-corrected chi connectivity index (χ2v) is 8.76. The van der Waals surface area contributed by atoms with Crippen molar-refractivity contribution >= 4 is 23.2 Å². The molecule has 5 nitrogen and oxygen atoms in total. The summed E-state index contributed by atoms with van der Waals surface area (Å²) in [5, 5.41) is 1.96. The molecule has 3 aromatic rings. The third-order valence-corrected chi connectivity index (χ3v) is 6.22. The van der Waals surface area contributed by atoms with Gasteiger partial charge in [-0.15, -0.1) is 11.3 Å². The molecule has 3 rings (SSSR count). The summed E-state index contributed by atoms with van der Waals surface area (Å²) in [5.74, 6) is -0.705. The Labute approximate surface area is 198 Å². The van der Waals surface area contributed by atoms with E-state index in [9.17, 15) is 14.0 Å². The summed E-state index contributed by atoms with van der Waals surface area (Å²) in [4.78, 5) is 30.8. The number of thiophene rings is 1. The summed E-state index contributed by atoms with van der Waals surface area (Å²) in [7, 11) is 1.57. The van der Waals surface area contributed by atoms with Gasteiger partial charge in [0.05, 0.1) is 13.2 Å². The molecule has 33 heavy (non-hydrogen) atoms. The zero-order valence-electron chi connectivity index (χ0n) is 19.0. The Hall–Kier alpha value is -3.03. The number of methoxy groups -OCH3 is 1. The summed E-state index contributed by atoms with van der Waals surface area (Å²) in [6, 6.07) is 17.5. The maximum Gasteiger partial charge on any atom is 0.254 e. The van der Waals surface area contributed by atoms with Gasteiger partial charge in [0.15, 0.2) is 0 Å². The van der Waals surface area contributed by atoms with Gasteiger partial charge in [0.25, 0.3) is 5.91 Å². The lowest BCUT2D eigenvalue weighted by Gasteiger charge is -2.27. The Kier molecular flexibility index (Phi) is 9.15. The van der Waals surface area contributed by atoms with Crippen LogP contribution >= 0.6 is 11.3 Å². The van der Waals surface area contributed by atoms with Crippen molar-refractivity contribution in [3.8, 4) is 0 Å². The molecule has 0 aliphatic heterocycles. The van der Waals surface area contributed by atoms with Crippen LogP contribution in [0.25, 0.3) is 0 Å². The maximum absolute atomic E-state index is 13.4. The van der Waals surface area contributed by atoms with Crippen molar-refractivity contribution < 1.29 is 18.7 Å². The van der Waals surface area contributed by atoms with E-state index in [0.29, 0.717) is 31.8 Å². The van der Waals surface area contributed by atoms with Crippen molar-refractivity contribution in [3.63, 3.8) is 0 Å². The van der Waals surface area contributed by atoms with Gasteiger partial charge < -0.3 is 14.5 Å². The van der Waals surface area contributed by atoms with Gasteiger partial charge in [-0.1, -0.05) is 37.3 Å². The number of carbonyl (C=O) groups excluding carboxylic acids is 2. The highest BCUT2D eigenvalue weighted by atomic mass is 32.1. The van der Waals surface area contributed by atoms with Gasteiger partial charge in [0.2, 0.25) is 5.91 Å². The maximum atomic E-state index is 13.4. The number of nitrogens with zero attached hydrogens (tertiary/aromatic N) is 2. The predicted octanol–water partition coefficient (Wildman–Crippen LogP) is 4.77. The SMILES string of the molecule is CCc1ccc(C(=O)N(CCOC)CC(=O)N(Cc2ccc(F)cc2)Cc2cccs2)cc1. The Morgan fingerprint density at radius 3 is 2.24 bits per heavy atom. The first-order valence-corrected chi connectivity index (χ1v) is 11.8. The van der Waals surface area contributed by atoms with Gasteiger partial charge in [0.1, 0.15) is 12.4 Å². The summed E-state index contributed by atoms with van der Waals surface area (Å²) in [5.41, 5.74) is 2.51. The van der Waals surface area contributed by atoms with E-state index in [-0.39, 0.29) is 24.2 Å². The van der Waals surface area contributed by atoms with Crippen LogP contribution in [0.2, 0.25) is 0 Å². The second-order valence-electron chi connectivity index (χ2n) is 7.73. The highest BCUT2D eigenvalue weighted by molar-refractivity contribution is 7.09. The van der Waals surface area contributed by atoms with Gasteiger partial charge in [-0.25, -0.2) is 4.39 Å². The molecule has 0 unspecified atom stereocenters. The standard InChI is InChI=1S/C26H29FN2O3S/c1-3-20-6-10-22(11-7-20)26(31)28(14-15-32-2)19-25(30)29(18-24-5-4-16-33-24)17-21-8-12-23(27)13-9-21/h4-13,16H,3,14-15,17-19H2,1-2H3. The van der Waals surface area contributed by atoms with E-state index in [1.54, 1.807) is 47.6 Å². The van der Waals surface area contributed by atoms with Crippen molar-refractivity contribution in [1.82, 2.24) is 9.80 Å². The van der Waals surface area contributed by atoms with Crippen molar-refractivity contribution in [2.75, 3.05) is 26.8 Å². The first-order valence-electron chi connectivity index (χ1n) is 10.9. The Morgan fingerprint density at radius 2 is 1.64 bits per heavy atom. The van der Waals surface area contributed by atoms with Gasteiger partial charge in [-0.05, 0) is 53.3 Å². The lowest BCUT2D eigenvalue weighted by atomic mass is 10.1. The van der Waals surface area contributed by atoms with Crippen LogP contribution in [0.1, 0.15) is 33.3 Å². The van der Waals surface area contributed by atoms with Crippen LogP contribution in [0.4, 0.5) is 4.39 Å². The third-order valence-electron chi connectivity index (χ3n) is 5.35. The first-order chi connectivity index (χ1) is 16.0. The molecule has 0 bridgehead atoms. The van der Waals surface area contributed by atoms with Crippen molar-refractivity contribution in [2.24, 2.45) is 0 Å². The third kappa shape index (κ3) is 7.23. The number of carbonyl (C=O) groups is 2. The van der Waals surface area contributed by atoms with Crippen LogP contribution in [-0.4, -0.2) is 48.4 Å². The molecular formula is C26H29FN2O3S. The molecule has 0 saturated carbocycles. The smallest absolute Gasteiger partial charge is 0.254 e. The molecule has 0 aliphatic carbocycles. The minimum absolute atomic E-state index is 0.0652. The molecule has 2 aromatic carbocycles. The lowest BCUT2D eigenvalue weighted by molar-refractivity contribution is -0.133. The van der Waals surface area contributed by atoms with Crippen molar-refractivity contribution in [3.05, 3.63) is 93.4 Å². The number of hydrogen-bond acceptors (Lipinski definition) is 4. The highest BCUT2D eigenvalue weighted by Crippen LogP contribution is 2.16. The summed E-state index contributed by atoms with van der Waals surface area (Å²) in [6.07, 6.45) is 0.890. The second kappa shape index (κ2) is 12.3. The van der Waals surface area contributed by atoms with Gasteiger partial charge >= 0.3 is 0 Å². The summed E-state index contributed by atoms with van der Waals surface area (Å²) >= 11 is 1.57. The molecular weight excluding hydrogens is 439 g/mol. The number of rotatable bonds is 11. The van der Waals surface area contributed by atoms with Crippen LogP contribution < -0.4 is 0 Å². The number of aryl methyl sites for hydroxylation is 1. The van der Waals surface area contributed by atoms with E-state index in [1.165, 1.54) is 17.0 Å². The monoisotopic (exact) mass is 468 g/mol. The normalized spacial score (nSPS) is 10.8. The quantitative estimate of drug-likeness (QED) is 0.407.